The maximum atomic E-state index is 5.72. The number of aryl methyl sites for hydroxylation is 2. The van der Waals surface area contributed by atoms with Crippen molar-refractivity contribution in [1.82, 2.24) is 9.97 Å². The van der Waals surface area contributed by atoms with Crippen molar-refractivity contribution >= 4 is 5.69 Å². The zero-order valence-electron chi connectivity index (χ0n) is 12.0. The van der Waals surface area contributed by atoms with Crippen molar-refractivity contribution in [2.75, 3.05) is 12.3 Å². The van der Waals surface area contributed by atoms with Crippen LogP contribution in [0.2, 0.25) is 0 Å². The number of hydrogen-bond acceptors (Lipinski definition) is 5. The molecular formula is C15H19N3O2. The van der Waals surface area contributed by atoms with Gasteiger partial charge in [0, 0.05) is 17.4 Å². The van der Waals surface area contributed by atoms with Gasteiger partial charge in [0.05, 0.1) is 6.61 Å². The van der Waals surface area contributed by atoms with Crippen molar-refractivity contribution in [3.63, 3.8) is 0 Å². The van der Waals surface area contributed by atoms with Gasteiger partial charge in [0.1, 0.15) is 5.75 Å². The van der Waals surface area contributed by atoms with Gasteiger partial charge >= 0.3 is 6.01 Å². The summed E-state index contributed by atoms with van der Waals surface area (Å²) >= 11 is 0. The smallest absolute Gasteiger partial charge is 0.325 e. The lowest BCUT2D eigenvalue weighted by atomic mass is 10.2. The van der Waals surface area contributed by atoms with E-state index < -0.39 is 0 Å². The third-order valence-corrected chi connectivity index (χ3v) is 2.66. The minimum Gasteiger partial charge on any atom is -0.478 e. The van der Waals surface area contributed by atoms with E-state index in [-0.39, 0.29) is 6.01 Å². The lowest BCUT2D eigenvalue weighted by molar-refractivity contribution is 0.298. The van der Waals surface area contributed by atoms with Gasteiger partial charge in [-0.15, -0.1) is 0 Å². The van der Waals surface area contributed by atoms with Gasteiger partial charge in [-0.05, 0) is 44.0 Å². The van der Waals surface area contributed by atoms with Crippen molar-refractivity contribution < 1.29 is 9.47 Å². The zero-order chi connectivity index (χ0) is 14.5. The number of ether oxygens (including phenoxy) is 2. The first kappa shape index (κ1) is 14.1. The molecule has 0 spiro atoms. The minimum atomic E-state index is 0.281. The van der Waals surface area contributed by atoms with Crippen LogP contribution in [0.4, 0.5) is 5.69 Å². The highest BCUT2D eigenvalue weighted by atomic mass is 16.5. The molecular weight excluding hydrogens is 254 g/mol. The molecule has 0 aliphatic carbocycles. The largest absolute Gasteiger partial charge is 0.478 e. The number of nitrogen functional groups attached to an aromatic ring is 1. The number of nitrogens with two attached hydrogens (primary N) is 1. The summed E-state index contributed by atoms with van der Waals surface area (Å²) in [4.78, 5) is 8.50. The van der Waals surface area contributed by atoms with E-state index in [0.29, 0.717) is 23.9 Å². The van der Waals surface area contributed by atoms with E-state index in [2.05, 4.69) is 9.97 Å². The summed E-state index contributed by atoms with van der Waals surface area (Å²) in [5, 5.41) is 0. The summed E-state index contributed by atoms with van der Waals surface area (Å²) in [7, 11) is 0. The Hall–Kier alpha value is -2.30. The van der Waals surface area contributed by atoms with Crippen LogP contribution in [-0.2, 0) is 0 Å². The molecule has 1 heterocycles. The Balaban J connectivity index is 2.21. The molecule has 5 heteroatoms. The molecule has 1 aromatic heterocycles. The van der Waals surface area contributed by atoms with Gasteiger partial charge in [-0.25, -0.2) is 0 Å². The Labute approximate surface area is 118 Å². The van der Waals surface area contributed by atoms with Crippen molar-refractivity contribution in [1.29, 1.82) is 0 Å². The van der Waals surface area contributed by atoms with Gasteiger partial charge in [0.25, 0.3) is 0 Å². The molecule has 2 aromatic rings. The lowest BCUT2D eigenvalue weighted by Crippen LogP contribution is -2.01. The molecule has 2 N–H and O–H groups in total. The van der Waals surface area contributed by atoms with Crippen LogP contribution < -0.4 is 15.2 Å². The van der Waals surface area contributed by atoms with Crippen LogP contribution in [-0.4, -0.2) is 16.6 Å². The topological polar surface area (TPSA) is 70.3 Å². The summed E-state index contributed by atoms with van der Waals surface area (Å²) < 4.78 is 11.2. The van der Waals surface area contributed by atoms with Crippen molar-refractivity contribution in [3.8, 4) is 17.6 Å². The van der Waals surface area contributed by atoms with E-state index in [1.165, 1.54) is 0 Å². The third-order valence-electron chi connectivity index (χ3n) is 2.66. The average Bonchev–Trinajstić information content (AvgIpc) is 2.39. The summed E-state index contributed by atoms with van der Waals surface area (Å²) in [6, 6.07) is 7.51. The van der Waals surface area contributed by atoms with Crippen molar-refractivity contribution in [3.05, 3.63) is 35.5 Å². The standard InChI is InChI=1S/C15H19N3O2/c1-4-7-19-14-9-11(3)17-15(18-14)20-13-6-5-12(16)8-10(13)2/h5-6,8-9H,4,7,16H2,1-3H3. The van der Waals surface area contributed by atoms with Crippen LogP contribution in [0.5, 0.6) is 17.6 Å². The fourth-order valence-corrected chi connectivity index (χ4v) is 1.73. The number of aromatic nitrogens is 2. The quantitative estimate of drug-likeness (QED) is 0.847. The van der Waals surface area contributed by atoms with Crippen LogP contribution in [0.15, 0.2) is 24.3 Å². The molecule has 106 valence electrons. The van der Waals surface area contributed by atoms with E-state index in [1.807, 2.05) is 32.9 Å². The minimum absolute atomic E-state index is 0.281. The van der Waals surface area contributed by atoms with Gasteiger partial charge in [0.15, 0.2) is 0 Å². The highest BCUT2D eigenvalue weighted by Gasteiger charge is 2.07. The molecule has 0 amide bonds. The highest BCUT2D eigenvalue weighted by molar-refractivity contribution is 5.47. The van der Waals surface area contributed by atoms with Gasteiger partial charge in [0.2, 0.25) is 5.88 Å². The van der Waals surface area contributed by atoms with Gasteiger partial charge in [-0.3, -0.25) is 0 Å². The predicted octanol–water partition coefficient (Wildman–Crippen LogP) is 3.26. The van der Waals surface area contributed by atoms with Crippen molar-refractivity contribution in [2.24, 2.45) is 0 Å². The molecule has 0 radical (unpaired) electrons. The number of anilines is 1. The lowest BCUT2D eigenvalue weighted by Gasteiger charge is -2.10. The van der Waals surface area contributed by atoms with E-state index >= 15 is 0 Å². The summed E-state index contributed by atoms with van der Waals surface area (Å²) in [6.07, 6.45) is 0.927. The van der Waals surface area contributed by atoms with E-state index in [0.717, 1.165) is 17.7 Å². The molecule has 0 unspecified atom stereocenters. The van der Waals surface area contributed by atoms with E-state index in [1.54, 1.807) is 12.1 Å². The highest BCUT2D eigenvalue weighted by Crippen LogP contribution is 2.25. The fraction of sp³-hybridized carbons (Fsp3) is 0.333. The normalized spacial score (nSPS) is 10.3. The molecule has 2 rings (SSSR count). The average molecular weight is 273 g/mol. The van der Waals surface area contributed by atoms with Crippen LogP contribution in [0.3, 0.4) is 0 Å². The molecule has 1 aromatic carbocycles. The summed E-state index contributed by atoms with van der Waals surface area (Å²) in [5.74, 6) is 1.22. The van der Waals surface area contributed by atoms with Crippen LogP contribution in [0.1, 0.15) is 24.6 Å². The molecule has 0 fully saturated rings. The second-order valence-electron chi connectivity index (χ2n) is 4.61. The SMILES string of the molecule is CCCOc1cc(C)nc(Oc2ccc(N)cc2C)n1. The second kappa shape index (κ2) is 6.23. The summed E-state index contributed by atoms with van der Waals surface area (Å²) in [6.45, 7) is 6.47. The van der Waals surface area contributed by atoms with Crippen LogP contribution in [0, 0.1) is 13.8 Å². The predicted molar refractivity (Wildman–Crippen MR) is 78.2 cm³/mol. The van der Waals surface area contributed by atoms with E-state index in [4.69, 9.17) is 15.2 Å². The first-order chi connectivity index (χ1) is 9.58. The number of rotatable bonds is 5. The Bertz CT molecular complexity index is 600. The maximum absolute atomic E-state index is 5.72. The van der Waals surface area contributed by atoms with Crippen LogP contribution in [0.25, 0.3) is 0 Å². The van der Waals surface area contributed by atoms with E-state index in [9.17, 15) is 0 Å². The first-order valence-corrected chi connectivity index (χ1v) is 6.61. The number of benzene rings is 1. The second-order valence-corrected chi connectivity index (χ2v) is 4.61. The Morgan fingerprint density at radius 1 is 1.15 bits per heavy atom. The summed E-state index contributed by atoms with van der Waals surface area (Å²) in [5.41, 5.74) is 8.15. The number of nitrogens with zero attached hydrogens (tertiary/aromatic N) is 2. The zero-order valence-corrected chi connectivity index (χ0v) is 12.0. The molecule has 0 saturated carbocycles. The third kappa shape index (κ3) is 3.60. The molecule has 0 saturated heterocycles. The van der Waals surface area contributed by atoms with Crippen molar-refractivity contribution in [2.45, 2.75) is 27.2 Å². The molecule has 5 nitrogen and oxygen atoms in total. The first-order valence-electron chi connectivity index (χ1n) is 6.61. The molecule has 0 aliphatic rings. The molecule has 0 atom stereocenters. The number of hydrogen-bond donors (Lipinski definition) is 1. The maximum Gasteiger partial charge on any atom is 0.325 e. The Morgan fingerprint density at radius 3 is 2.65 bits per heavy atom. The molecule has 0 bridgehead atoms. The Morgan fingerprint density at radius 2 is 1.95 bits per heavy atom. The van der Waals surface area contributed by atoms with Gasteiger partial charge < -0.3 is 15.2 Å². The molecule has 20 heavy (non-hydrogen) atoms. The monoisotopic (exact) mass is 273 g/mol. The van der Waals surface area contributed by atoms with Gasteiger partial charge in [-0.2, -0.15) is 9.97 Å². The Kier molecular flexibility index (Phi) is 4.40. The fourth-order valence-electron chi connectivity index (χ4n) is 1.73. The molecule has 0 aliphatic heterocycles. The van der Waals surface area contributed by atoms with Crippen LogP contribution >= 0.6 is 0 Å². The van der Waals surface area contributed by atoms with Gasteiger partial charge in [-0.1, -0.05) is 6.92 Å².